The zero-order chi connectivity index (χ0) is 13.1. The van der Waals surface area contributed by atoms with Gasteiger partial charge in [0.1, 0.15) is 0 Å². The van der Waals surface area contributed by atoms with Crippen LogP contribution in [0.5, 0.6) is 0 Å². The normalized spacial score (nSPS) is 15.1. The molecule has 0 unspecified atom stereocenters. The highest BCUT2D eigenvalue weighted by Gasteiger charge is 2.33. The summed E-state index contributed by atoms with van der Waals surface area (Å²) in [6.45, 7) is 4.94. The van der Waals surface area contributed by atoms with Gasteiger partial charge in [-0.1, -0.05) is 6.07 Å². The third-order valence-corrected chi connectivity index (χ3v) is 3.09. The van der Waals surface area contributed by atoms with Crippen LogP contribution in [-0.4, -0.2) is 34.8 Å². The first-order chi connectivity index (χ1) is 8.56. The molecule has 18 heavy (non-hydrogen) atoms. The topological polar surface area (TPSA) is 62.3 Å². The molecule has 5 heteroatoms. The molecule has 0 aromatic carbocycles. The highest BCUT2D eigenvalue weighted by atomic mass is 16.2. The summed E-state index contributed by atoms with van der Waals surface area (Å²) < 4.78 is 0. The minimum Gasteiger partial charge on any atom is -0.350 e. The fourth-order valence-corrected chi connectivity index (χ4v) is 1.92. The van der Waals surface area contributed by atoms with E-state index in [-0.39, 0.29) is 17.7 Å². The monoisotopic (exact) mass is 247 g/mol. The molecule has 0 atom stereocenters. The molecular formula is C13H17N3O2. The van der Waals surface area contributed by atoms with E-state index >= 15 is 0 Å². The Morgan fingerprint density at radius 3 is 2.78 bits per heavy atom. The van der Waals surface area contributed by atoms with Crippen molar-refractivity contribution in [2.75, 3.05) is 13.1 Å². The number of aromatic nitrogens is 1. The fourth-order valence-electron chi connectivity index (χ4n) is 1.92. The van der Waals surface area contributed by atoms with Crippen molar-refractivity contribution >= 4 is 11.8 Å². The number of pyridine rings is 1. The standard InChI is InChI=1S/C13H17N3O2/c1-9-4-3-5-12(15-9)6-14-13(18)11-7-16(8-11)10(2)17/h3-5,11H,6-8H2,1-2H3,(H,14,18). The number of hydrogen-bond donors (Lipinski definition) is 1. The quantitative estimate of drug-likeness (QED) is 0.845. The van der Waals surface area contributed by atoms with Crippen LogP contribution >= 0.6 is 0 Å². The van der Waals surface area contributed by atoms with Gasteiger partial charge in [-0.25, -0.2) is 0 Å². The number of nitrogens with zero attached hydrogens (tertiary/aromatic N) is 2. The highest BCUT2D eigenvalue weighted by molar-refractivity contribution is 5.83. The number of likely N-dealkylation sites (tertiary alicyclic amines) is 1. The molecule has 1 aliphatic rings. The third kappa shape index (κ3) is 2.85. The van der Waals surface area contributed by atoms with Crippen molar-refractivity contribution in [2.24, 2.45) is 5.92 Å². The van der Waals surface area contributed by atoms with Crippen LogP contribution in [0.3, 0.4) is 0 Å². The van der Waals surface area contributed by atoms with Crippen LogP contribution in [0, 0.1) is 12.8 Å². The van der Waals surface area contributed by atoms with Crippen molar-refractivity contribution in [3.63, 3.8) is 0 Å². The first-order valence-corrected chi connectivity index (χ1v) is 6.02. The molecule has 2 amide bonds. The Bertz CT molecular complexity index is 467. The first kappa shape index (κ1) is 12.5. The number of rotatable bonds is 3. The summed E-state index contributed by atoms with van der Waals surface area (Å²) in [7, 11) is 0. The smallest absolute Gasteiger partial charge is 0.227 e. The van der Waals surface area contributed by atoms with E-state index in [2.05, 4.69) is 10.3 Å². The Labute approximate surface area is 106 Å². The summed E-state index contributed by atoms with van der Waals surface area (Å²) in [5.74, 6) is -0.0473. The van der Waals surface area contributed by atoms with Crippen molar-refractivity contribution in [3.8, 4) is 0 Å². The van der Waals surface area contributed by atoms with Crippen LogP contribution in [0.2, 0.25) is 0 Å². The lowest BCUT2D eigenvalue weighted by molar-refractivity contribution is -0.141. The maximum Gasteiger partial charge on any atom is 0.227 e. The van der Waals surface area contributed by atoms with Crippen LogP contribution in [0.4, 0.5) is 0 Å². The van der Waals surface area contributed by atoms with Crippen LogP contribution in [-0.2, 0) is 16.1 Å². The minimum absolute atomic E-state index is 0.00388. The van der Waals surface area contributed by atoms with E-state index in [1.165, 1.54) is 6.92 Å². The summed E-state index contributed by atoms with van der Waals surface area (Å²) in [5.41, 5.74) is 1.79. The van der Waals surface area contributed by atoms with Gasteiger partial charge in [-0.2, -0.15) is 0 Å². The second-order valence-electron chi connectivity index (χ2n) is 4.61. The lowest BCUT2D eigenvalue weighted by Crippen LogP contribution is -2.55. The molecule has 1 aromatic rings. The average Bonchev–Trinajstić information content (AvgIpc) is 2.24. The molecule has 0 radical (unpaired) electrons. The maximum atomic E-state index is 11.8. The average molecular weight is 247 g/mol. The van der Waals surface area contributed by atoms with Gasteiger partial charge in [0.25, 0.3) is 0 Å². The Balaban J connectivity index is 1.78. The summed E-state index contributed by atoms with van der Waals surface area (Å²) in [5, 5.41) is 2.85. The summed E-state index contributed by atoms with van der Waals surface area (Å²) >= 11 is 0. The third-order valence-electron chi connectivity index (χ3n) is 3.09. The lowest BCUT2D eigenvalue weighted by Gasteiger charge is -2.37. The molecule has 1 saturated heterocycles. The predicted octanol–water partition coefficient (Wildman–Crippen LogP) is 0.485. The van der Waals surface area contributed by atoms with Crippen LogP contribution in [0.1, 0.15) is 18.3 Å². The van der Waals surface area contributed by atoms with E-state index in [1.54, 1.807) is 4.90 Å². The lowest BCUT2D eigenvalue weighted by atomic mass is 9.99. The molecule has 0 aliphatic carbocycles. The number of hydrogen-bond acceptors (Lipinski definition) is 3. The van der Waals surface area contributed by atoms with Crippen molar-refractivity contribution < 1.29 is 9.59 Å². The Morgan fingerprint density at radius 1 is 1.44 bits per heavy atom. The minimum atomic E-state index is -0.0706. The zero-order valence-corrected chi connectivity index (χ0v) is 10.6. The predicted molar refractivity (Wildman–Crippen MR) is 66.6 cm³/mol. The molecule has 96 valence electrons. The van der Waals surface area contributed by atoms with Crippen LogP contribution < -0.4 is 5.32 Å². The largest absolute Gasteiger partial charge is 0.350 e. The van der Waals surface area contributed by atoms with Gasteiger partial charge in [0, 0.05) is 25.7 Å². The summed E-state index contributed by atoms with van der Waals surface area (Å²) in [6.07, 6.45) is 0. The summed E-state index contributed by atoms with van der Waals surface area (Å²) in [6, 6.07) is 5.72. The molecule has 1 fully saturated rings. The van der Waals surface area contributed by atoms with Crippen molar-refractivity contribution in [3.05, 3.63) is 29.6 Å². The van der Waals surface area contributed by atoms with Gasteiger partial charge >= 0.3 is 0 Å². The van der Waals surface area contributed by atoms with Gasteiger partial charge in [0.15, 0.2) is 0 Å². The van der Waals surface area contributed by atoms with E-state index < -0.39 is 0 Å². The number of carbonyl (C=O) groups excluding carboxylic acids is 2. The van der Waals surface area contributed by atoms with Crippen molar-refractivity contribution in [1.82, 2.24) is 15.2 Å². The number of nitrogens with one attached hydrogen (secondary N) is 1. The molecule has 1 N–H and O–H groups in total. The van der Waals surface area contributed by atoms with E-state index in [4.69, 9.17) is 0 Å². The van der Waals surface area contributed by atoms with Gasteiger partial charge in [-0.05, 0) is 19.1 Å². The number of amides is 2. The fraction of sp³-hybridized carbons (Fsp3) is 0.462. The maximum absolute atomic E-state index is 11.8. The van der Waals surface area contributed by atoms with Gasteiger partial charge in [-0.15, -0.1) is 0 Å². The van der Waals surface area contributed by atoms with Gasteiger partial charge in [-0.3, -0.25) is 14.6 Å². The van der Waals surface area contributed by atoms with E-state index in [1.807, 2.05) is 25.1 Å². The van der Waals surface area contributed by atoms with Crippen LogP contribution in [0.25, 0.3) is 0 Å². The molecule has 1 aromatic heterocycles. The second kappa shape index (κ2) is 5.16. The first-order valence-electron chi connectivity index (χ1n) is 6.02. The molecule has 2 rings (SSSR count). The molecule has 1 aliphatic heterocycles. The van der Waals surface area contributed by atoms with E-state index in [0.29, 0.717) is 19.6 Å². The summed E-state index contributed by atoms with van der Waals surface area (Å²) in [4.78, 5) is 28.7. The van der Waals surface area contributed by atoms with E-state index in [9.17, 15) is 9.59 Å². The second-order valence-corrected chi connectivity index (χ2v) is 4.61. The number of carbonyl (C=O) groups is 2. The van der Waals surface area contributed by atoms with Crippen molar-refractivity contribution in [2.45, 2.75) is 20.4 Å². The molecule has 0 spiro atoms. The van der Waals surface area contributed by atoms with Crippen molar-refractivity contribution in [1.29, 1.82) is 0 Å². The Hall–Kier alpha value is -1.91. The van der Waals surface area contributed by atoms with Gasteiger partial charge in [0.2, 0.25) is 11.8 Å². The SMILES string of the molecule is CC(=O)N1CC(C(=O)NCc2cccc(C)n2)C1. The molecule has 0 saturated carbocycles. The molecular weight excluding hydrogens is 230 g/mol. The Kier molecular flexibility index (Phi) is 3.60. The molecule has 0 bridgehead atoms. The Morgan fingerprint density at radius 2 is 2.17 bits per heavy atom. The zero-order valence-electron chi connectivity index (χ0n) is 10.6. The molecule has 2 heterocycles. The molecule has 5 nitrogen and oxygen atoms in total. The van der Waals surface area contributed by atoms with Gasteiger partial charge < -0.3 is 10.2 Å². The van der Waals surface area contributed by atoms with Crippen LogP contribution in [0.15, 0.2) is 18.2 Å². The number of aryl methyl sites for hydroxylation is 1. The highest BCUT2D eigenvalue weighted by Crippen LogP contribution is 2.15. The van der Waals surface area contributed by atoms with Gasteiger partial charge in [0.05, 0.1) is 18.2 Å². The van der Waals surface area contributed by atoms with E-state index in [0.717, 1.165) is 11.4 Å².